The number of aliphatic hydroxyl groups excluding tert-OH is 1. The number of nitrogens with zero attached hydrogens (tertiary/aromatic N) is 3. The number of carbonyl (C=O) groups is 1. The summed E-state index contributed by atoms with van der Waals surface area (Å²) < 4.78 is 0. The average Bonchev–Trinajstić information content (AvgIpc) is 2.43. The van der Waals surface area contributed by atoms with E-state index in [1.807, 2.05) is 24.9 Å². The Bertz CT molecular complexity index is 524. The van der Waals surface area contributed by atoms with E-state index in [4.69, 9.17) is 5.26 Å². The van der Waals surface area contributed by atoms with E-state index in [-0.39, 0.29) is 18.6 Å². The fraction of sp³-hybridized carbons (Fsp3) is 0.429. The Hall–Kier alpha value is -1.90. The standard InChI is InChI=1S/C14H17N3O2/c1-10-8-17(14(19)13(9-18)16(10)2)12-5-3-4-11(6-12)7-15/h3-6,10,13,18H,8-9H2,1-2H3. The van der Waals surface area contributed by atoms with Crippen LogP contribution in [0.3, 0.4) is 0 Å². The third-order valence-electron chi connectivity index (χ3n) is 3.64. The number of anilines is 1. The number of piperazine rings is 1. The summed E-state index contributed by atoms with van der Waals surface area (Å²) in [5, 5.41) is 18.3. The lowest BCUT2D eigenvalue weighted by Crippen LogP contribution is -2.61. The largest absolute Gasteiger partial charge is 0.394 e. The number of hydrogen-bond donors (Lipinski definition) is 1. The van der Waals surface area contributed by atoms with Gasteiger partial charge in [0.2, 0.25) is 5.91 Å². The summed E-state index contributed by atoms with van der Waals surface area (Å²) >= 11 is 0. The number of amides is 1. The average molecular weight is 259 g/mol. The normalized spacial score (nSPS) is 24.3. The van der Waals surface area contributed by atoms with Crippen LogP contribution in [0.15, 0.2) is 24.3 Å². The lowest BCUT2D eigenvalue weighted by Gasteiger charge is -2.42. The molecular weight excluding hydrogens is 242 g/mol. The highest BCUT2D eigenvalue weighted by Crippen LogP contribution is 2.23. The molecule has 0 radical (unpaired) electrons. The molecule has 0 spiro atoms. The van der Waals surface area contributed by atoms with Gasteiger partial charge in [-0.05, 0) is 32.2 Å². The third kappa shape index (κ3) is 2.46. The van der Waals surface area contributed by atoms with Crippen LogP contribution in [-0.2, 0) is 4.79 Å². The second kappa shape index (κ2) is 5.39. The van der Waals surface area contributed by atoms with Gasteiger partial charge in [0.05, 0.1) is 18.2 Å². The van der Waals surface area contributed by atoms with Gasteiger partial charge < -0.3 is 10.0 Å². The molecule has 2 unspecified atom stereocenters. The summed E-state index contributed by atoms with van der Waals surface area (Å²) in [5.74, 6) is -0.127. The van der Waals surface area contributed by atoms with Crippen LogP contribution in [0.2, 0.25) is 0 Å². The monoisotopic (exact) mass is 259 g/mol. The fourth-order valence-electron chi connectivity index (χ4n) is 2.33. The molecule has 1 N–H and O–H groups in total. The summed E-state index contributed by atoms with van der Waals surface area (Å²) in [6.07, 6.45) is 0. The summed E-state index contributed by atoms with van der Waals surface area (Å²) in [7, 11) is 1.84. The summed E-state index contributed by atoms with van der Waals surface area (Å²) in [6, 6.07) is 8.68. The predicted octanol–water partition coefficient (Wildman–Crippen LogP) is 0.586. The fourth-order valence-corrected chi connectivity index (χ4v) is 2.33. The maximum Gasteiger partial charge on any atom is 0.246 e. The molecule has 1 saturated heterocycles. The van der Waals surface area contributed by atoms with E-state index in [9.17, 15) is 9.90 Å². The summed E-state index contributed by atoms with van der Waals surface area (Å²) in [4.78, 5) is 15.9. The first-order valence-electron chi connectivity index (χ1n) is 6.22. The molecular formula is C14H17N3O2. The Morgan fingerprint density at radius 2 is 2.26 bits per heavy atom. The van der Waals surface area contributed by atoms with Crippen molar-refractivity contribution in [1.29, 1.82) is 5.26 Å². The van der Waals surface area contributed by atoms with Crippen LogP contribution in [-0.4, -0.2) is 48.2 Å². The van der Waals surface area contributed by atoms with E-state index in [2.05, 4.69) is 6.07 Å². The maximum atomic E-state index is 12.4. The van der Waals surface area contributed by atoms with Crippen molar-refractivity contribution in [3.63, 3.8) is 0 Å². The highest BCUT2D eigenvalue weighted by molar-refractivity contribution is 5.98. The van der Waals surface area contributed by atoms with Crippen molar-refractivity contribution < 1.29 is 9.90 Å². The van der Waals surface area contributed by atoms with Crippen molar-refractivity contribution >= 4 is 11.6 Å². The molecule has 1 aromatic rings. The number of aliphatic hydroxyl groups is 1. The number of likely N-dealkylation sites (N-methyl/N-ethyl adjacent to an activating group) is 1. The van der Waals surface area contributed by atoms with E-state index in [1.54, 1.807) is 23.1 Å². The van der Waals surface area contributed by atoms with Gasteiger partial charge in [0.1, 0.15) is 6.04 Å². The van der Waals surface area contributed by atoms with E-state index < -0.39 is 6.04 Å². The van der Waals surface area contributed by atoms with Crippen LogP contribution in [0, 0.1) is 11.3 Å². The van der Waals surface area contributed by atoms with Crippen molar-refractivity contribution in [3.05, 3.63) is 29.8 Å². The second-order valence-corrected chi connectivity index (χ2v) is 4.82. The van der Waals surface area contributed by atoms with Crippen LogP contribution >= 0.6 is 0 Å². The van der Waals surface area contributed by atoms with Gasteiger partial charge in [0.15, 0.2) is 0 Å². The van der Waals surface area contributed by atoms with Gasteiger partial charge in [-0.1, -0.05) is 6.07 Å². The van der Waals surface area contributed by atoms with Gasteiger partial charge in [-0.25, -0.2) is 0 Å². The molecule has 0 bridgehead atoms. The molecule has 1 aliphatic heterocycles. The van der Waals surface area contributed by atoms with Gasteiger partial charge in [0, 0.05) is 18.3 Å². The van der Waals surface area contributed by atoms with Crippen LogP contribution in [0.4, 0.5) is 5.69 Å². The Labute approximate surface area is 112 Å². The Morgan fingerprint density at radius 1 is 1.53 bits per heavy atom. The molecule has 0 aromatic heterocycles. The summed E-state index contributed by atoms with van der Waals surface area (Å²) in [6.45, 7) is 2.37. The molecule has 100 valence electrons. The molecule has 2 rings (SSSR count). The van der Waals surface area contributed by atoms with Crippen LogP contribution < -0.4 is 4.90 Å². The van der Waals surface area contributed by atoms with E-state index in [0.29, 0.717) is 17.8 Å². The van der Waals surface area contributed by atoms with Gasteiger partial charge in [-0.2, -0.15) is 5.26 Å². The zero-order valence-corrected chi connectivity index (χ0v) is 11.1. The van der Waals surface area contributed by atoms with Crippen molar-refractivity contribution in [2.75, 3.05) is 25.1 Å². The molecule has 1 heterocycles. The van der Waals surface area contributed by atoms with Gasteiger partial charge in [0.25, 0.3) is 0 Å². The molecule has 2 atom stereocenters. The van der Waals surface area contributed by atoms with E-state index in [0.717, 1.165) is 0 Å². The first-order valence-corrected chi connectivity index (χ1v) is 6.22. The van der Waals surface area contributed by atoms with Crippen molar-refractivity contribution in [3.8, 4) is 6.07 Å². The zero-order chi connectivity index (χ0) is 14.0. The lowest BCUT2D eigenvalue weighted by atomic mass is 10.1. The quantitative estimate of drug-likeness (QED) is 0.844. The smallest absolute Gasteiger partial charge is 0.246 e. The highest BCUT2D eigenvalue weighted by Gasteiger charge is 2.36. The van der Waals surface area contributed by atoms with E-state index in [1.165, 1.54) is 0 Å². The molecule has 1 amide bonds. The Balaban J connectivity index is 2.33. The number of benzene rings is 1. The number of hydrogen-bond acceptors (Lipinski definition) is 4. The first-order chi connectivity index (χ1) is 9.08. The molecule has 5 nitrogen and oxygen atoms in total. The van der Waals surface area contributed by atoms with Crippen molar-refractivity contribution in [1.82, 2.24) is 4.90 Å². The summed E-state index contributed by atoms with van der Waals surface area (Å²) in [5.41, 5.74) is 1.24. The minimum atomic E-state index is -0.519. The minimum absolute atomic E-state index is 0.127. The lowest BCUT2D eigenvalue weighted by molar-refractivity contribution is -0.128. The Kier molecular flexibility index (Phi) is 3.84. The molecule has 5 heteroatoms. The second-order valence-electron chi connectivity index (χ2n) is 4.82. The number of rotatable bonds is 2. The van der Waals surface area contributed by atoms with Crippen LogP contribution in [0.5, 0.6) is 0 Å². The van der Waals surface area contributed by atoms with Gasteiger partial charge in [-0.3, -0.25) is 9.69 Å². The number of carbonyl (C=O) groups excluding carboxylic acids is 1. The topological polar surface area (TPSA) is 67.6 Å². The van der Waals surface area contributed by atoms with E-state index >= 15 is 0 Å². The minimum Gasteiger partial charge on any atom is -0.394 e. The highest BCUT2D eigenvalue weighted by atomic mass is 16.3. The maximum absolute atomic E-state index is 12.4. The molecule has 19 heavy (non-hydrogen) atoms. The zero-order valence-electron chi connectivity index (χ0n) is 11.1. The molecule has 0 aliphatic carbocycles. The third-order valence-corrected chi connectivity index (χ3v) is 3.64. The SMILES string of the molecule is CC1CN(c2cccc(C#N)c2)C(=O)C(CO)N1C. The van der Waals surface area contributed by atoms with Crippen molar-refractivity contribution in [2.24, 2.45) is 0 Å². The van der Waals surface area contributed by atoms with Crippen LogP contribution in [0.25, 0.3) is 0 Å². The van der Waals surface area contributed by atoms with Gasteiger partial charge >= 0.3 is 0 Å². The van der Waals surface area contributed by atoms with Gasteiger partial charge in [-0.15, -0.1) is 0 Å². The number of nitriles is 1. The molecule has 1 aliphatic rings. The predicted molar refractivity (Wildman–Crippen MR) is 71.6 cm³/mol. The first kappa shape index (κ1) is 13.5. The Morgan fingerprint density at radius 3 is 2.89 bits per heavy atom. The van der Waals surface area contributed by atoms with Crippen LogP contribution in [0.1, 0.15) is 12.5 Å². The molecule has 1 fully saturated rings. The molecule has 1 aromatic carbocycles. The van der Waals surface area contributed by atoms with Crippen molar-refractivity contribution in [2.45, 2.75) is 19.0 Å². The molecule has 0 saturated carbocycles.